The molecular formula is C25H28N2O4S. The quantitative estimate of drug-likeness (QED) is 0.422. The highest BCUT2D eigenvalue weighted by molar-refractivity contribution is 7.92. The van der Waals surface area contributed by atoms with E-state index in [1.54, 1.807) is 61.5 Å². The summed E-state index contributed by atoms with van der Waals surface area (Å²) in [7, 11) is -3.71. The predicted octanol–water partition coefficient (Wildman–Crippen LogP) is 5.33. The van der Waals surface area contributed by atoms with Gasteiger partial charge in [0.25, 0.3) is 15.9 Å². The van der Waals surface area contributed by atoms with E-state index in [-0.39, 0.29) is 10.8 Å². The SMILES string of the molecule is CCCCOc1cccc(C(=O)Nc2ccc(S(=O)(=O)N(CC)c3ccccc3)cc2)c1. The summed E-state index contributed by atoms with van der Waals surface area (Å²) >= 11 is 0. The zero-order valence-corrected chi connectivity index (χ0v) is 19.1. The molecule has 1 N–H and O–H groups in total. The van der Waals surface area contributed by atoms with Gasteiger partial charge in [0.2, 0.25) is 0 Å². The maximum absolute atomic E-state index is 13.1. The number of nitrogens with one attached hydrogen (secondary N) is 1. The summed E-state index contributed by atoms with van der Waals surface area (Å²) < 4.78 is 33.2. The first-order valence-electron chi connectivity index (χ1n) is 10.7. The van der Waals surface area contributed by atoms with Crippen LogP contribution in [0.2, 0.25) is 0 Å². The van der Waals surface area contributed by atoms with E-state index in [9.17, 15) is 13.2 Å². The molecule has 0 fully saturated rings. The van der Waals surface area contributed by atoms with Crippen molar-refractivity contribution in [1.29, 1.82) is 0 Å². The van der Waals surface area contributed by atoms with E-state index < -0.39 is 10.0 Å². The molecule has 0 saturated heterocycles. The molecule has 0 radical (unpaired) electrons. The van der Waals surface area contributed by atoms with Gasteiger partial charge in [0.05, 0.1) is 17.2 Å². The lowest BCUT2D eigenvalue weighted by Gasteiger charge is -2.23. The number of hydrogen-bond donors (Lipinski definition) is 1. The van der Waals surface area contributed by atoms with Crippen LogP contribution in [0, 0.1) is 0 Å². The zero-order valence-electron chi connectivity index (χ0n) is 18.3. The van der Waals surface area contributed by atoms with E-state index >= 15 is 0 Å². The lowest BCUT2D eigenvalue weighted by Crippen LogP contribution is -2.30. The molecule has 3 aromatic rings. The maximum Gasteiger partial charge on any atom is 0.264 e. The molecule has 0 aromatic heterocycles. The van der Waals surface area contributed by atoms with Gasteiger partial charge in [0.15, 0.2) is 0 Å². The molecular weight excluding hydrogens is 424 g/mol. The lowest BCUT2D eigenvalue weighted by atomic mass is 10.2. The number of ether oxygens (including phenoxy) is 1. The molecule has 0 heterocycles. The van der Waals surface area contributed by atoms with Crippen LogP contribution in [0.1, 0.15) is 37.0 Å². The van der Waals surface area contributed by atoms with E-state index in [2.05, 4.69) is 12.2 Å². The van der Waals surface area contributed by atoms with Gasteiger partial charge in [-0.25, -0.2) is 8.42 Å². The molecule has 1 amide bonds. The van der Waals surface area contributed by atoms with Crippen LogP contribution < -0.4 is 14.4 Å². The van der Waals surface area contributed by atoms with Crippen molar-refractivity contribution >= 4 is 27.3 Å². The third-order valence-corrected chi connectivity index (χ3v) is 6.81. The second kappa shape index (κ2) is 10.8. The van der Waals surface area contributed by atoms with Crippen LogP contribution in [-0.2, 0) is 10.0 Å². The Balaban J connectivity index is 1.72. The molecule has 3 rings (SSSR count). The first kappa shape index (κ1) is 23.3. The smallest absolute Gasteiger partial charge is 0.264 e. The number of nitrogens with zero attached hydrogens (tertiary/aromatic N) is 1. The minimum Gasteiger partial charge on any atom is -0.494 e. The van der Waals surface area contributed by atoms with Crippen molar-refractivity contribution in [2.45, 2.75) is 31.6 Å². The number of para-hydroxylation sites is 1. The van der Waals surface area contributed by atoms with Crippen molar-refractivity contribution in [3.63, 3.8) is 0 Å². The lowest BCUT2D eigenvalue weighted by molar-refractivity contribution is 0.102. The number of benzene rings is 3. The number of carbonyl (C=O) groups excluding carboxylic acids is 1. The van der Waals surface area contributed by atoms with E-state index in [0.29, 0.717) is 35.8 Å². The number of anilines is 2. The number of carbonyl (C=O) groups is 1. The summed E-state index contributed by atoms with van der Waals surface area (Å²) in [4.78, 5) is 12.8. The third-order valence-electron chi connectivity index (χ3n) is 4.89. The summed E-state index contributed by atoms with van der Waals surface area (Å²) in [5.74, 6) is 0.356. The van der Waals surface area contributed by atoms with Crippen molar-refractivity contribution in [3.8, 4) is 5.75 Å². The first-order valence-corrected chi connectivity index (χ1v) is 12.1. The van der Waals surface area contributed by atoms with Crippen LogP contribution in [-0.4, -0.2) is 27.5 Å². The van der Waals surface area contributed by atoms with Gasteiger partial charge >= 0.3 is 0 Å². The Morgan fingerprint density at radius 1 is 0.938 bits per heavy atom. The van der Waals surface area contributed by atoms with Gasteiger partial charge in [-0.15, -0.1) is 0 Å². The van der Waals surface area contributed by atoms with E-state index in [0.717, 1.165) is 12.8 Å². The Labute approximate surface area is 189 Å². The van der Waals surface area contributed by atoms with Gasteiger partial charge in [0, 0.05) is 17.8 Å². The third kappa shape index (κ3) is 5.68. The Bertz CT molecular complexity index is 1130. The van der Waals surface area contributed by atoms with Crippen molar-refractivity contribution in [2.75, 3.05) is 22.8 Å². The van der Waals surface area contributed by atoms with Crippen LogP contribution in [0.15, 0.2) is 83.8 Å². The normalized spacial score (nSPS) is 11.1. The molecule has 7 heteroatoms. The van der Waals surface area contributed by atoms with Crippen LogP contribution in [0.4, 0.5) is 11.4 Å². The van der Waals surface area contributed by atoms with Crippen LogP contribution in [0.5, 0.6) is 5.75 Å². The van der Waals surface area contributed by atoms with Crippen molar-refractivity contribution in [2.24, 2.45) is 0 Å². The number of unbranched alkanes of at least 4 members (excludes halogenated alkanes) is 1. The molecule has 0 unspecified atom stereocenters. The van der Waals surface area contributed by atoms with Gasteiger partial charge < -0.3 is 10.1 Å². The standard InChI is InChI=1S/C25H28N2O4S/c1-3-5-18-31-23-13-9-10-20(19-23)25(28)26-21-14-16-24(17-15-21)32(29,30)27(4-2)22-11-7-6-8-12-22/h6-17,19H,3-5,18H2,1-2H3,(H,26,28). The molecule has 0 aliphatic carbocycles. The molecule has 0 aliphatic rings. The monoisotopic (exact) mass is 452 g/mol. The van der Waals surface area contributed by atoms with Gasteiger partial charge in [0.1, 0.15) is 5.75 Å². The highest BCUT2D eigenvalue weighted by atomic mass is 32.2. The average Bonchev–Trinajstić information content (AvgIpc) is 2.81. The molecule has 0 saturated carbocycles. The molecule has 0 spiro atoms. The summed E-state index contributed by atoms with van der Waals surface area (Å²) in [6, 6.07) is 22.1. The Morgan fingerprint density at radius 3 is 2.31 bits per heavy atom. The minimum atomic E-state index is -3.71. The number of sulfonamides is 1. The van der Waals surface area contributed by atoms with Gasteiger partial charge in [-0.05, 0) is 67.9 Å². The molecule has 0 atom stereocenters. The van der Waals surface area contributed by atoms with Crippen molar-refractivity contribution in [1.82, 2.24) is 0 Å². The minimum absolute atomic E-state index is 0.160. The Morgan fingerprint density at radius 2 is 1.66 bits per heavy atom. The van der Waals surface area contributed by atoms with Crippen LogP contribution in [0.3, 0.4) is 0 Å². The Hall–Kier alpha value is -3.32. The predicted molar refractivity (Wildman–Crippen MR) is 128 cm³/mol. The summed E-state index contributed by atoms with van der Waals surface area (Å²) in [5.41, 5.74) is 1.58. The molecule has 3 aromatic carbocycles. The molecule has 168 valence electrons. The number of hydrogen-bond acceptors (Lipinski definition) is 4. The van der Waals surface area contributed by atoms with Crippen LogP contribution in [0.25, 0.3) is 0 Å². The largest absolute Gasteiger partial charge is 0.494 e. The van der Waals surface area contributed by atoms with Gasteiger partial charge in [-0.1, -0.05) is 37.6 Å². The van der Waals surface area contributed by atoms with E-state index in [1.807, 2.05) is 12.1 Å². The second-order valence-electron chi connectivity index (χ2n) is 7.21. The summed E-state index contributed by atoms with van der Waals surface area (Å²) in [6.45, 7) is 4.79. The summed E-state index contributed by atoms with van der Waals surface area (Å²) in [5, 5.41) is 2.80. The molecule has 0 bridgehead atoms. The molecule has 32 heavy (non-hydrogen) atoms. The van der Waals surface area contributed by atoms with E-state index in [4.69, 9.17) is 4.74 Å². The van der Waals surface area contributed by atoms with Crippen molar-refractivity contribution in [3.05, 3.63) is 84.4 Å². The average molecular weight is 453 g/mol. The fourth-order valence-corrected chi connectivity index (χ4v) is 4.66. The Kier molecular flexibility index (Phi) is 7.89. The molecule has 6 nitrogen and oxygen atoms in total. The zero-order chi connectivity index (χ0) is 23.0. The molecule has 0 aliphatic heterocycles. The number of rotatable bonds is 10. The fourth-order valence-electron chi connectivity index (χ4n) is 3.19. The maximum atomic E-state index is 13.1. The first-order chi connectivity index (χ1) is 15.5. The van der Waals surface area contributed by atoms with E-state index in [1.165, 1.54) is 16.4 Å². The highest BCUT2D eigenvalue weighted by Gasteiger charge is 2.23. The van der Waals surface area contributed by atoms with Gasteiger partial charge in [-0.3, -0.25) is 9.10 Å². The summed E-state index contributed by atoms with van der Waals surface area (Å²) in [6.07, 6.45) is 1.98. The van der Waals surface area contributed by atoms with Gasteiger partial charge in [-0.2, -0.15) is 0 Å². The number of amides is 1. The van der Waals surface area contributed by atoms with Crippen molar-refractivity contribution < 1.29 is 17.9 Å². The van der Waals surface area contributed by atoms with Crippen LogP contribution >= 0.6 is 0 Å². The fraction of sp³-hybridized carbons (Fsp3) is 0.240. The highest BCUT2D eigenvalue weighted by Crippen LogP contribution is 2.24. The second-order valence-corrected chi connectivity index (χ2v) is 9.08. The topological polar surface area (TPSA) is 75.7 Å².